The van der Waals surface area contributed by atoms with Crippen LogP contribution >= 0.6 is 0 Å². The van der Waals surface area contributed by atoms with E-state index in [9.17, 15) is 14.9 Å². The summed E-state index contributed by atoms with van der Waals surface area (Å²) in [6, 6.07) is 7.57. The van der Waals surface area contributed by atoms with Crippen molar-refractivity contribution >= 4 is 11.6 Å². The number of nitrogens with one attached hydrogen (secondary N) is 1. The standard InChI is InChI=1S/C18H20N2O4/c1-11-7-14-15(9-18(2,3)10-16(14)24-11)19-17(21)12-5-4-6-13(8-12)20(22)23/h4-8,15H,9-10H2,1-3H3,(H,19,21)/t15-/m0/s1. The summed E-state index contributed by atoms with van der Waals surface area (Å²) in [7, 11) is 0. The van der Waals surface area contributed by atoms with Crippen LogP contribution < -0.4 is 5.32 Å². The third kappa shape index (κ3) is 3.18. The number of non-ortho nitro benzene ring substituents is 1. The number of rotatable bonds is 3. The Labute approximate surface area is 140 Å². The van der Waals surface area contributed by atoms with Crippen molar-refractivity contribution in [3.63, 3.8) is 0 Å². The second-order valence-electron chi connectivity index (χ2n) is 7.11. The Bertz CT molecular complexity index is 807. The Morgan fingerprint density at radius 2 is 2.12 bits per heavy atom. The zero-order chi connectivity index (χ0) is 17.5. The molecule has 1 atom stereocenters. The van der Waals surface area contributed by atoms with E-state index in [2.05, 4.69) is 19.2 Å². The number of hydrogen-bond acceptors (Lipinski definition) is 4. The van der Waals surface area contributed by atoms with Crippen LogP contribution in [0.2, 0.25) is 0 Å². The van der Waals surface area contributed by atoms with Crippen LogP contribution in [-0.2, 0) is 6.42 Å². The number of hydrogen-bond donors (Lipinski definition) is 1. The average molecular weight is 328 g/mol. The quantitative estimate of drug-likeness (QED) is 0.683. The highest BCUT2D eigenvalue weighted by molar-refractivity contribution is 5.95. The van der Waals surface area contributed by atoms with Crippen molar-refractivity contribution in [1.82, 2.24) is 5.32 Å². The number of benzene rings is 1. The summed E-state index contributed by atoms with van der Waals surface area (Å²) < 4.78 is 5.77. The fourth-order valence-electron chi connectivity index (χ4n) is 3.32. The maximum Gasteiger partial charge on any atom is 0.270 e. The van der Waals surface area contributed by atoms with Gasteiger partial charge in [-0.3, -0.25) is 14.9 Å². The first kappa shape index (κ1) is 16.2. The minimum atomic E-state index is -0.502. The second kappa shape index (κ2) is 5.78. The smallest absolute Gasteiger partial charge is 0.270 e. The molecule has 0 bridgehead atoms. The van der Waals surface area contributed by atoms with Gasteiger partial charge in [-0.05, 0) is 30.9 Å². The lowest BCUT2D eigenvalue weighted by atomic mass is 9.74. The molecule has 1 aliphatic carbocycles. The van der Waals surface area contributed by atoms with Gasteiger partial charge in [-0.2, -0.15) is 0 Å². The highest BCUT2D eigenvalue weighted by Crippen LogP contribution is 2.42. The van der Waals surface area contributed by atoms with Crippen LogP contribution in [0.25, 0.3) is 0 Å². The molecule has 1 aromatic carbocycles. The molecule has 3 rings (SSSR count). The molecule has 0 saturated carbocycles. The molecule has 1 aromatic heterocycles. The third-order valence-corrected chi connectivity index (χ3v) is 4.36. The Hall–Kier alpha value is -2.63. The number of carbonyl (C=O) groups is 1. The summed E-state index contributed by atoms with van der Waals surface area (Å²) in [4.78, 5) is 22.9. The number of nitrogens with zero attached hydrogens (tertiary/aromatic N) is 1. The van der Waals surface area contributed by atoms with Crippen LogP contribution in [0.1, 0.15) is 53.8 Å². The van der Waals surface area contributed by atoms with Gasteiger partial charge in [0, 0.05) is 29.7 Å². The van der Waals surface area contributed by atoms with Crippen molar-refractivity contribution < 1.29 is 14.1 Å². The summed E-state index contributed by atoms with van der Waals surface area (Å²) in [5.41, 5.74) is 1.21. The number of aryl methyl sites for hydroxylation is 1. The zero-order valence-corrected chi connectivity index (χ0v) is 14.0. The van der Waals surface area contributed by atoms with Gasteiger partial charge in [0.1, 0.15) is 11.5 Å². The fraction of sp³-hybridized carbons (Fsp3) is 0.389. The number of carbonyl (C=O) groups excluding carboxylic acids is 1. The van der Waals surface area contributed by atoms with E-state index in [1.54, 1.807) is 6.07 Å². The monoisotopic (exact) mass is 328 g/mol. The molecule has 1 N–H and O–H groups in total. The van der Waals surface area contributed by atoms with Gasteiger partial charge in [-0.1, -0.05) is 19.9 Å². The lowest BCUT2D eigenvalue weighted by Crippen LogP contribution is -2.36. The van der Waals surface area contributed by atoms with E-state index >= 15 is 0 Å². The molecule has 0 fully saturated rings. The van der Waals surface area contributed by atoms with Crippen LogP contribution in [0.3, 0.4) is 0 Å². The van der Waals surface area contributed by atoms with E-state index in [1.807, 2.05) is 13.0 Å². The first-order chi connectivity index (χ1) is 11.2. The van der Waals surface area contributed by atoms with Gasteiger partial charge in [-0.25, -0.2) is 0 Å². The van der Waals surface area contributed by atoms with E-state index in [0.717, 1.165) is 29.9 Å². The molecule has 0 aliphatic heterocycles. The SMILES string of the molecule is Cc1cc2c(o1)CC(C)(C)C[C@@H]2NC(=O)c1cccc([N+](=O)[O-])c1. The topological polar surface area (TPSA) is 85.4 Å². The van der Waals surface area contributed by atoms with Crippen molar-refractivity contribution in [2.45, 2.75) is 39.7 Å². The van der Waals surface area contributed by atoms with Crippen LogP contribution in [0.5, 0.6) is 0 Å². The number of fused-ring (bicyclic) bond motifs is 1. The number of furan rings is 1. The highest BCUT2D eigenvalue weighted by atomic mass is 16.6. The van der Waals surface area contributed by atoms with E-state index in [4.69, 9.17) is 4.42 Å². The maximum absolute atomic E-state index is 12.6. The van der Waals surface area contributed by atoms with Gasteiger partial charge in [0.05, 0.1) is 11.0 Å². The average Bonchev–Trinajstić information content (AvgIpc) is 2.86. The molecule has 0 spiro atoms. The molecule has 1 aliphatic rings. The largest absolute Gasteiger partial charge is 0.466 e. The van der Waals surface area contributed by atoms with Crippen molar-refractivity contribution in [2.24, 2.45) is 5.41 Å². The number of nitro benzene ring substituents is 1. The highest BCUT2D eigenvalue weighted by Gasteiger charge is 2.35. The lowest BCUT2D eigenvalue weighted by molar-refractivity contribution is -0.384. The summed E-state index contributed by atoms with van der Waals surface area (Å²) in [5.74, 6) is 1.42. The molecule has 2 aromatic rings. The van der Waals surface area contributed by atoms with Gasteiger partial charge < -0.3 is 9.73 Å². The molecular formula is C18H20N2O4. The van der Waals surface area contributed by atoms with Crippen LogP contribution in [0.15, 0.2) is 34.7 Å². The number of amides is 1. The molecular weight excluding hydrogens is 308 g/mol. The zero-order valence-electron chi connectivity index (χ0n) is 14.0. The van der Waals surface area contributed by atoms with E-state index in [-0.39, 0.29) is 28.6 Å². The van der Waals surface area contributed by atoms with Gasteiger partial charge in [0.15, 0.2) is 0 Å². The first-order valence-electron chi connectivity index (χ1n) is 7.90. The summed E-state index contributed by atoms with van der Waals surface area (Å²) in [6.45, 7) is 6.17. The molecule has 1 heterocycles. The van der Waals surface area contributed by atoms with Crippen LogP contribution in [0.4, 0.5) is 5.69 Å². The number of nitro groups is 1. The Morgan fingerprint density at radius 3 is 2.83 bits per heavy atom. The van der Waals surface area contributed by atoms with Gasteiger partial charge in [0.25, 0.3) is 11.6 Å². The summed E-state index contributed by atoms with van der Waals surface area (Å²) in [5, 5.41) is 13.9. The first-order valence-corrected chi connectivity index (χ1v) is 7.90. The molecule has 1 amide bonds. The molecule has 126 valence electrons. The van der Waals surface area contributed by atoms with Crippen molar-refractivity contribution in [3.8, 4) is 0 Å². The summed E-state index contributed by atoms with van der Waals surface area (Å²) in [6.07, 6.45) is 1.62. The van der Waals surface area contributed by atoms with Crippen LogP contribution in [-0.4, -0.2) is 10.8 Å². The molecule has 0 saturated heterocycles. The minimum absolute atomic E-state index is 0.0118. The van der Waals surface area contributed by atoms with E-state index in [1.165, 1.54) is 18.2 Å². The Balaban J connectivity index is 1.86. The maximum atomic E-state index is 12.6. The second-order valence-corrected chi connectivity index (χ2v) is 7.11. The van der Waals surface area contributed by atoms with Gasteiger partial charge >= 0.3 is 0 Å². The lowest BCUT2D eigenvalue weighted by Gasteiger charge is -2.34. The molecule has 6 nitrogen and oxygen atoms in total. The Morgan fingerprint density at radius 1 is 1.38 bits per heavy atom. The summed E-state index contributed by atoms with van der Waals surface area (Å²) >= 11 is 0. The van der Waals surface area contributed by atoms with Gasteiger partial charge in [-0.15, -0.1) is 0 Å². The van der Waals surface area contributed by atoms with Crippen molar-refractivity contribution in [2.75, 3.05) is 0 Å². The minimum Gasteiger partial charge on any atom is -0.466 e. The van der Waals surface area contributed by atoms with E-state index in [0.29, 0.717) is 0 Å². The molecule has 0 radical (unpaired) electrons. The third-order valence-electron chi connectivity index (χ3n) is 4.36. The van der Waals surface area contributed by atoms with Crippen molar-refractivity contribution in [3.05, 3.63) is 63.1 Å². The molecule has 0 unspecified atom stereocenters. The predicted octanol–water partition coefficient (Wildman–Crippen LogP) is 3.94. The normalized spacial score (nSPS) is 18.7. The Kier molecular flexibility index (Phi) is 3.91. The predicted molar refractivity (Wildman–Crippen MR) is 88.9 cm³/mol. The van der Waals surface area contributed by atoms with Gasteiger partial charge in [0.2, 0.25) is 0 Å². The van der Waals surface area contributed by atoms with E-state index < -0.39 is 4.92 Å². The fourth-order valence-corrected chi connectivity index (χ4v) is 3.32. The van der Waals surface area contributed by atoms with Crippen LogP contribution in [0, 0.1) is 22.5 Å². The van der Waals surface area contributed by atoms with Crippen molar-refractivity contribution in [1.29, 1.82) is 0 Å². The molecule has 6 heteroatoms. The molecule has 24 heavy (non-hydrogen) atoms.